The molecule has 10 nitrogen and oxygen atoms in total. The minimum Gasteiger partial charge on any atom is -0.480 e. The number of carbonyl (C=O) groups is 3. The Morgan fingerprint density at radius 1 is 1.20 bits per heavy atom. The minimum atomic E-state index is -1.13. The topological polar surface area (TPSA) is 176 Å². The van der Waals surface area contributed by atoms with Gasteiger partial charge in [0.25, 0.3) is 0 Å². The Bertz CT molecular complexity index is 539. The number of unbranched alkanes of at least 4 members (excludes halogenated alkanes) is 1. The molecule has 25 heavy (non-hydrogen) atoms. The first-order valence-corrected chi connectivity index (χ1v) is 7.67. The van der Waals surface area contributed by atoms with Crippen LogP contribution in [0.1, 0.15) is 25.0 Å². The summed E-state index contributed by atoms with van der Waals surface area (Å²) < 4.78 is 0. The first-order chi connectivity index (χ1) is 11.5. The van der Waals surface area contributed by atoms with Crippen molar-refractivity contribution < 1.29 is 19.5 Å². The summed E-state index contributed by atoms with van der Waals surface area (Å²) in [4.78, 5) is 41.8. The van der Waals surface area contributed by atoms with Crippen LogP contribution in [0.2, 0.25) is 0 Å². The van der Waals surface area contributed by atoms with Gasteiger partial charge in [0.15, 0.2) is 0 Å². The van der Waals surface area contributed by atoms with Crippen LogP contribution in [0.4, 0.5) is 0 Å². The third-order valence-corrected chi connectivity index (χ3v) is 3.38. The van der Waals surface area contributed by atoms with Crippen LogP contribution in [0.5, 0.6) is 0 Å². The molecule has 0 bridgehead atoms. The van der Waals surface area contributed by atoms with Gasteiger partial charge in [-0.2, -0.15) is 0 Å². The van der Waals surface area contributed by atoms with Gasteiger partial charge in [0.1, 0.15) is 12.1 Å². The molecule has 1 aromatic heterocycles. The predicted octanol–water partition coefficient (Wildman–Crippen LogP) is -1.48. The van der Waals surface area contributed by atoms with Crippen molar-refractivity contribution in [1.29, 1.82) is 0 Å². The summed E-state index contributed by atoms with van der Waals surface area (Å²) in [5, 5.41) is 14.1. The number of halogens is 1. The fraction of sp³-hybridized carbons (Fsp3) is 0.571. The van der Waals surface area contributed by atoms with E-state index in [2.05, 4.69) is 20.6 Å². The first kappa shape index (κ1) is 22.8. The molecule has 0 aliphatic rings. The number of nitrogens with one attached hydrogen (secondary N) is 3. The Morgan fingerprint density at radius 3 is 2.44 bits per heavy atom. The molecule has 1 aromatic rings. The molecule has 1 rings (SSSR count). The standard InChI is InChI=1S/C14H24N6O4.ClH/c15-4-2-1-3-10(14(23)24)20-13(22)11(19-12(21)6-16)5-9-7-17-8-18-9;/h7-8,10-11H,1-6,15-16H2,(H,17,18)(H,19,21)(H,20,22)(H,23,24);1H/t10-,11-;/m0./s1. The average Bonchev–Trinajstić information content (AvgIpc) is 3.06. The highest BCUT2D eigenvalue weighted by molar-refractivity contribution is 5.91. The molecule has 0 aromatic carbocycles. The number of nitrogens with two attached hydrogens (primary N) is 2. The van der Waals surface area contributed by atoms with Crippen molar-refractivity contribution in [2.45, 2.75) is 37.8 Å². The maximum atomic E-state index is 12.4. The van der Waals surface area contributed by atoms with Gasteiger partial charge in [-0.25, -0.2) is 9.78 Å². The Kier molecular flexibility index (Phi) is 11.2. The Morgan fingerprint density at radius 2 is 1.92 bits per heavy atom. The number of amides is 2. The molecule has 8 N–H and O–H groups in total. The second-order valence-electron chi connectivity index (χ2n) is 5.29. The number of carboxylic acid groups (broad SMARTS) is 1. The molecule has 1 heterocycles. The van der Waals surface area contributed by atoms with E-state index in [1.807, 2.05) is 0 Å². The van der Waals surface area contributed by atoms with Crippen molar-refractivity contribution in [3.05, 3.63) is 18.2 Å². The van der Waals surface area contributed by atoms with E-state index in [-0.39, 0.29) is 31.8 Å². The van der Waals surface area contributed by atoms with E-state index in [1.54, 1.807) is 0 Å². The monoisotopic (exact) mass is 376 g/mol. The van der Waals surface area contributed by atoms with E-state index in [9.17, 15) is 19.5 Å². The second kappa shape index (κ2) is 12.2. The molecule has 2 atom stereocenters. The summed E-state index contributed by atoms with van der Waals surface area (Å²) in [5.74, 6) is -2.23. The van der Waals surface area contributed by atoms with Gasteiger partial charge in [-0.15, -0.1) is 12.4 Å². The Labute approximate surface area is 151 Å². The largest absolute Gasteiger partial charge is 0.480 e. The molecular weight excluding hydrogens is 352 g/mol. The lowest BCUT2D eigenvalue weighted by Crippen LogP contribution is -2.53. The van der Waals surface area contributed by atoms with Crippen LogP contribution in [0, 0.1) is 0 Å². The molecule has 0 saturated carbocycles. The van der Waals surface area contributed by atoms with Crippen LogP contribution in [0.25, 0.3) is 0 Å². The van der Waals surface area contributed by atoms with Gasteiger partial charge in [0.2, 0.25) is 11.8 Å². The fourth-order valence-corrected chi connectivity index (χ4v) is 2.10. The summed E-state index contributed by atoms with van der Waals surface area (Å²) in [5.41, 5.74) is 11.3. The highest BCUT2D eigenvalue weighted by Crippen LogP contribution is 2.04. The van der Waals surface area contributed by atoms with E-state index in [0.29, 0.717) is 25.1 Å². The molecule has 0 spiro atoms. The van der Waals surface area contributed by atoms with Crippen LogP contribution in [-0.4, -0.2) is 58.0 Å². The lowest BCUT2D eigenvalue weighted by atomic mass is 10.1. The summed E-state index contributed by atoms with van der Waals surface area (Å²) in [6, 6.07) is -1.99. The molecule has 0 radical (unpaired) electrons. The van der Waals surface area contributed by atoms with Gasteiger partial charge < -0.3 is 32.2 Å². The van der Waals surface area contributed by atoms with Crippen molar-refractivity contribution in [2.24, 2.45) is 11.5 Å². The molecule has 0 aliphatic heterocycles. The third-order valence-electron chi connectivity index (χ3n) is 3.38. The zero-order chi connectivity index (χ0) is 17.9. The smallest absolute Gasteiger partial charge is 0.326 e. The maximum absolute atomic E-state index is 12.4. The van der Waals surface area contributed by atoms with Crippen LogP contribution in [0.3, 0.4) is 0 Å². The van der Waals surface area contributed by atoms with Crippen molar-refractivity contribution >= 4 is 30.2 Å². The van der Waals surface area contributed by atoms with Crippen LogP contribution in [0.15, 0.2) is 12.5 Å². The van der Waals surface area contributed by atoms with Crippen LogP contribution in [-0.2, 0) is 20.8 Å². The number of imidazole rings is 1. The number of aliphatic carboxylic acids is 1. The SMILES string of the molecule is Cl.NCCCC[C@H](NC(=O)[C@H](Cc1cnc[nH]1)NC(=O)CN)C(=O)O. The Balaban J connectivity index is 0.00000576. The zero-order valence-electron chi connectivity index (χ0n) is 13.7. The molecule has 142 valence electrons. The van der Waals surface area contributed by atoms with Gasteiger partial charge >= 0.3 is 5.97 Å². The number of hydrogen-bond acceptors (Lipinski definition) is 6. The molecule has 11 heteroatoms. The van der Waals surface area contributed by atoms with Gasteiger partial charge in [-0.3, -0.25) is 9.59 Å². The van der Waals surface area contributed by atoms with Crippen molar-refractivity contribution in [1.82, 2.24) is 20.6 Å². The lowest BCUT2D eigenvalue weighted by molar-refractivity contribution is -0.142. The number of rotatable bonds is 11. The highest BCUT2D eigenvalue weighted by Gasteiger charge is 2.26. The van der Waals surface area contributed by atoms with Crippen molar-refractivity contribution in [2.75, 3.05) is 13.1 Å². The lowest BCUT2D eigenvalue weighted by Gasteiger charge is -2.21. The molecule has 0 fully saturated rings. The van der Waals surface area contributed by atoms with E-state index in [0.717, 1.165) is 0 Å². The normalized spacial score (nSPS) is 12.6. The molecule has 0 aliphatic carbocycles. The third kappa shape index (κ3) is 8.47. The first-order valence-electron chi connectivity index (χ1n) is 7.67. The number of carbonyl (C=O) groups excluding carboxylic acids is 2. The quantitative estimate of drug-likeness (QED) is 0.255. The zero-order valence-corrected chi connectivity index (χ0v) is 14.6. The molecular formula is C14H25ClN6O4. The van der Waals surface area contributed by atoms with Crippen molar-refractivity contribution in [3.63, 3.8) is 0 Å². The number of carboxylic acids is 1. The number of aromatic nitrogens is 2. The minimum absolute atomic E-state index is 0. The number of hydrogen-bond donors (Lipinski definition) is 6. The number of H-pyrrole nitrogens is 1. The van der Waals surface area contributed by atoms with Crippen LogP contribution < -0.4 is 22.1 Å². The second-order valence-corrected chi connectivity index (χ2v) is 5.29. The summed E-state index contributed by atoms with van der Waals surface area (Å²) in [7, 11) is 0. The summed E-state index contributed by atoms with van der Waals surface area (Å²) in [6.07, 6.45) is 4.62. The summed E-state index contributed by atoms with van der Waals surface area (Å²) in [6.45, 7) is 0.181. The van der Waals surface area contributed by atoms with E-state index >= 15 is 0 Å². The highest BCUT2D eigenvalue weighted by atomic mass is 35.5. The van der Waals surface area contributed by atoms with E-state index < -0.39 is 29.9 Å². The maximum Gasteiger partial charge on any atom is 0.326 e. The van der Waals surface area contributed by atoms with Crippen LogP contribution >= 0.6 is 12.4 Å². The molecule has 0 saturated heterocycles. The van der Waals surface area contributed by atoms with Crippen molar-refractivity contribution in [3.8, 4) is 0 Å². The fourth-order valence-electron chi connectivity index (χ4n) is 2.10. The summed E-state index contributed by atoms with van der Waals surface area (Å²) >= 11 is 0. The van der Waals surface area contributed by atoms with E-state index in [4.69, 9.17) is 11.5 Å². The van der Waals surface area contributed by atoms with Gasteiger partial charge in [-0.1, -0.05) is 0 Å². The van der Waals surface area contributed by atoms with Gasteiger partial charge in [0.05, 0.1) is 12.9 Å². The average molecular weight is 377 g/mol. The molecule has 2 amide bonds. The molecule has 0 unspecified atom stereocenters. The van der Waals surface area contributed by atoms with Gasteiger partial charge in [-0.05, 0) is 25.8 Å². The number of aromatic amines is 1. The Hall–Kier alpha value is -2.17. The predicted molar refractivity (Wildman–Crippen MR) is 93.0 cm³/mol. The van der Waals surface area contributed by atoms with Gasteiger partial charge in [0, 0.05) is 18.3 Å². The number of nitrogens with zero attached hydrogens (tertiary/aromatic N) is 1. The van der Waals surface area contributed by atoms with E-state index in [1.165, 1.54) is 12.5 Å².